The van der Waals surface area contributed by atoms with Crippen LogP contribution < -0.4 is 0 Å². The Morgan fingerprint density at radius 1 is 0.870 bits per heavy atom. The van der Waals surface area contributed by atoms with Gasteiger partial charge in [0.25, 0.3) is 0 Å². The van der Waals surface area contributed by atoms with Crippen molar-refractivity contribution in [3.05, 3.63) is 59.7 Å². The standard InChI is InChI=1S/C20H18OS2/c1-17-7-11-19(12-8-17)22-15-5-3-4-6-16-23(21)20-13-9-18(2)10-14-20/h7-14H,15-16H2,1-2H3/t23-/m1/s1. The predicted molar refractivity (Wildman–Crippen MR) is 99.9 cm³/mol. The molecule has 116 valence electrons. The third-order valence-electron chi connectivity index (χ3n) is 3.06. The molecule has 0 fully saturated rings. The second kappa shape index (κ2) is 9.26. The third-order valence-corrected chi connectivity index (χ3v) is 5.16. The maximum atomic E-state index is 12.0. The first kappa shape index (κ1) is 17.4. The molecule has 0 unspecified atom stereocenters. The molecule has 1 atom stereocenters. The van der Waals surface area contributed by atoms with Gasteiger partial charge in [-0.25, -0.2) is 0 Å². The lowest BCUT2D eigenvalue weighted by Crippen LogP contribution is -1.95. The van der Waals surface area contributed by atoms with Crippen LogP contribution in [0.25, 0.3) is 0 Å². The SMILES string of the molecule is Cc1ccc(SCC#CC#CC[S@@](=O)c2ccc(C)cc2)cc1. The number of benzene rings is 2. The van der Waals surface area contributed by atoms with Crippen LogP contribution in [0.3, 0.4) is 0 Å². The Labute approximate surface area is 145 Å². The molecule has 2 aromatic carbocycles. The van der Waals surface area contributed by atoms with Crippen LogP contribution in [0.5, 0.6) is 0 Å². The van der Waals surface area contributed by atoms with E-state index < -0.39 is 10.8 Å². The van der Waals surface area contributed by atoms with E-state index in [1.807, 2.05) is 31.2 Å². The summed E-state index contributed by atoms with van der Waals surface area (Å²) in [6.07, 6.45) is 0. The molecule has 0 saturated heterocycles. The fourth-order valence-corrected chi connectivity index (χ4v) is 3.20. The van der Waals surface area contributed by atoms with E-state index in [9.17, 15) is 4.21 Å². The molecule has 2 rings (SSSR count). The zero-order chi connectivity index (χ0) is 16.5. The number of rotatable bonds is 4. The molecular formula is C20H18OS2. The van der Waals surface area contributed by atoms with Crippen LogP contribution in [0.4, 0.5) is 0 Å². The summed E-state index contributed by atoms with van der Waals surface area (Å²) in [6.45, 7) is 4.08. The van der Waals surface area contributed by atoms with Crippen molar-refractivity contribution in [2.45, 2.75) is 23.6 Å². The monoisotopic (exact) mass is 338 g/mol. The van der Waals surface area contributed by atoms with Gasteiger partial charge in [0.05, 0.1) is 22.3 Å². The predicted octanol–water partition coefficient (Wildman–Crippen LogP) is 4.21. The average molecular weight is 338 g/mol. The van der Waals surface area contributed by atoms with Gasteiger partial charge in [0.15, 0.2) is 0 Å². The highest BCUT2D eigenvalue weighted by molar-refractivity contribution is 7.99. The minimum atomic E-state index is -1.08. The molecule has 2 aromatic rings. The average Bonchev–Trinajstić information content (AvgIpc) is 2.56. The van der Waals surface area contributed by atoms with Gasteiger partial charge in [-0.1, -0.05) is 47.2 Å². The summed E-state index contributed by atoms with van der Waals surface area (Å²) in [5, 5.41) is 0. The van der Waals surface area contributed by atoms with Crippen LogP contribution in [-0.2, 0) is 10.8 Å². The lowest BCUT2D eigenvalue weighted by Gasteiger charge is -1.97. The van der Waals surface area contributed by atoms with E-state index >= 15 is 0 Å². The van der Waals surface area contributed by atoms with Crippen molar-refractivity contribution in [2.24, 2.45) is 0 Å². The highest BCUT2D eigenvalue weighted by Gasteiger charge is 2.00. The van der Waals surface area contributed by atoms with Crippen LogP contribution in [0.1, 0.15) is 11.1 Å². The van der Waals surface area contributed by atoms with Crippen LogP contribution >= 0.6 is 11.8 Å². The summed E-state index contributed by atoms with van der Waals surface area (Å²) in [4.78, 5) is 2.02. The summed E-state index contributed by atoms with van der Waals surface area (Å²) in [5.74, 6) is 12.5. The Bertz CT molecular complexity index is 782. The number of hydrogen-bond acceptors (Lipinski definition) is 2. The van der Waals surface area contributed by atoms with Crippen molar-refractivity contribution < 1.29 is 4.21 Å². The van der Waals surface area contributed by atoms with Gasteiger partial charge < -0.3 is 0 Å². The molecule has 0 aliphatic carbocycles. The molecule has 0 aliphatic rings. The topological polar surface area (TPSA) is 17.1 Å². The zero-order valence-electron chi connectivity index (χ0n) is 13.3. The Balaban J connectivity index is 1.76. The van der Waals surface area contributed by atoms with E-state index in [1.54, 1.807) is 11.8 Å². The fraction of sp³-hybridized carbons (Fsp3) is 0.200. The maximum absolute atomic E-state index is 12.0. The molecule has 0 spiro atoms. The maximum Gasteiger partial charge on any atom is 0.0904 e. The molecule has 0 saturated carbocycles. The zero-order valence-corrected chi connectivity index (χ0v) is 14.9. The molecule has 3 heteroatoms. The lowest BCUT2D eigenvalue weighted by molar-refractivity contribution is 0.685. The van der Waals surface area contributed by atoms with Crippen LogP contribution in [0.15, 0.2) is 58.3 Å². The smallest absolute Gasteiger partial charge is 0.0904 e. The minimum Gasteiger partial charge on any atom is -0.253 e. The summed E-state index contributed by atoms with van der Waals surface area (Å²) >= 11 is 1.69. The molecule has 0 aromatic heterocycles. The van der Waals surface area contributed by atoms with E-state index in [-0.39, 0.29) is 0 Å². The van der Waals surface area contributed by atoms with Gasteiger partial charge >= 0.3 is 0 Å². The van der Waals surface area contributed by atoms with E-state index in [0.29, 0.717) is 11.5 Å². The van der Waals surface area contributed by atoms with E-state index in [2.05, 4.69) is 54.9 Å². The van der Waals surface area contributed by atoms with Gasteiger partial charge in [-0.05, 0) is 50.0 Å². The Hall–Kier alpha value is -1.94. The van der Waals surface area contributed by atoms with E-state index in [1.165, 1.54) is 10.5 Å². The van der Waals surface area contributed by atoms with Gasteiger partial charge in [-0.3, -0.25) is 4.21 Å². The van der Waals surface area contributed by atoms with Crippen molar-refractivity contribution in [3.8, 4) is 23.7 Å². The molecule has 0 radical (unpaired) electrons. The first-order chi connectivity index (χ1) is 11.1. The highest BCUT2D eigenvalue weighted by Crippen LogP contribution is 2.17. The van der Waals surface area contributed by atoms with Crippen LogP contribution in [0.2, 0.25) is 0 Å². The van der Waals surface area contributed by atoms with Gasteiger partial charge in [-0.15, -0.1) is 11.8 Å². The first-order valence-electron chi connectivity index (χ1n) is 7.25. The Morgan fingerprint density at radius 2 is 1.43 bits per heavy atom. The molecule has 0 amide bonds. The van der Waals surface area contributed by atoms with E-state index in [4.69, 9.17) is 0 Å². The van der Waals surface area contributed by atoms with Gasteiger partial charge in [0.2, 0.25) is 0 Å². The van der Waals surface area contributed by atoms with Crippen molar-refractivity contribution in [1.29, 1.82) is 0 Å². The van der Waals surface area contributed by atoms with E-state index in [0.717, 1.165) is 10.5 Å². The molecule has 1 nitrogen and oxygen atoms in total. The summed E-state index contributed by atoms with van der Waals surface area (Å²) in [6, 6.07) is 16.1. The van der Waals surface area contributed by atoms with Crippen molar-refractivity contribution in [2.75, 3.05) is 11.5 Å². The molecule has 0 aliphatic heterocycles. The largest absolute Gasteiger partial charge is 0.253 e. The molecule has 23 heavy (non-hydrogen) atoms. The molecule has 0 bridgehead atoms. The fourth-order valence-electron chi connectivity index (χ4n) is 1.75. The summed E-state index contributed by atoms with van der Waals surface area (Å²) in [7, 11) is -1.08. The molecular weight excluding hydrogens is 320 g/mol. The Kier molecular flexibility index (Phi) is 7.01. The van der Waals surface area contributed by atoms with Crippen molar-refractivity contribution in [3.63, 3.8) is 0 Å². The first-order valence-corrected chi connectivity index (χ1v) is 9.56. The minimum absolute atomic E-state index is 0.322. The second-order valence-electron chi connectivity index (χ2n) is 5.01. The molecule has 0 N–H and O–H groups in total. The lowest BCUT2D eigenvalue weighted by atomic mass is 10.2. The Morgan fingerprint density at radius 3 is 2.09 bits per heavy atom. The third kappa shape index (κ3) is 6.37. The second-order valence-corrected chi connectivity index (χ2v) is 7.51. The van der Waals surface area contributed by atoms with Gasteiger partial charge in [0, 0.05) is 9.79 Å². The molecule has 0 heterocycles. The van der Waals surface area contributed by atoms with Crippen LogP contribution in [0, 0.1) is 37.5 Å². The van der Waals surface area contributed by atoms with Crippen molar-refractivity contribution in [1.82, 2.24) is 0 Å². The number of hydrogen-bond donors (Lipinski definition) is 0. The van der Waals surface area contributed by atoms with Gasteiger partial charge in [-0.2, -0.15) is 0 Å². The van der Waals surface area contributed by atoms with Gasteiger partial charge in [0.1, 0.15) is 0 Å². The van der Waals surface area contributed by atoms with Crippen LogP contribution in [-0.4, -0.2) is 15.7 Å². The van der Waals surface area contributed by atoms with Crippen molar-refractivity contribution >= 4 is 22.6 Å². The summed E-state index contributed by atoms with van der Waals surface area (Å²) in [5.41, 5.74) is 2.42. The summed E-state index contributed by atoms with van der Waals surface area (Å²) < 4.78 is 12.0. The normalized spacial score (nSPS) is 10.9. The highest BCUT2D eigenvalue weighted by atomic mass is 32.2. The number of thioether (sulfide) groups is 1. The number of aryl methyl sites for hydroxylation is 2. The quantitative estimate of drug-likeness (QED) is 0.613.